The van der Waals surface area contributed by atoms with E-state index >= 15 is 0 Å². The number of nitrogens with one attached hydrogen (secondary N) is 1. The largest absolute Gasteiger partial charge is 0.491 e. The van der Waals surface area contributed by atoms with Crippen molar-refractivity contribution >= 4 is 0 Å². The normalized spacial score (nSPS) is 10.8. The van der Waals surface area contributed by atoms with Crippen molar-refractivity contribution in [1.29, 1.82) is 0 Å². The first-order chi connectivity index (χ1) is 10.3. The Labute approximate surface area is 127 Å². The van der Waals surface area contributed by atoms with Gasteiger partial charge in [0.1, 0.15) is 12.4 Å². The molecule has 0 aliphatic carbocycles. The average Bonchev–Trinajstić information content (AvgIpc) is 2.49. The Hall–Kier alpha value is -1.14. The summed E-state index contributed by atoms with van der Waals surface area (Å²) in [6.45, 7) is 6.66. The first-order valence-electron chi connectivity index (χ1n) is 7.27. The molecule has 5 nitrogen and oxygen atoms in total. The molecule has 0 saturated carbocycles. The van der Waals surface area contributed by atoms with Gasteiger partial charge in [0.2, 0.25) is 0 Å². The lowest BCUT2D eigenvalue weighted by Crippen LogP contribution is -2.19. The van der Waals surface area contributed by atoms with Crippen LogP contribution in [0.4, 0.5) is 0 Å². The Balaban J connectivity index is 2.39. The Morgan fingerprint density at radius 2 is 1.71 bits per heavy atom. The molecule has 0 aliphatic rings. The van der Waals surface area contributed by atoms with E-state index in [2.05, 4.69) is 24.4 Å². The van der Waals surface area contributed by atoms with Gasteiger partial charge in [0.15, 0.2) is 0 Å². The number of aryl methyl sites for hydroxylation is 1. The van der Waals surface area contributed by atoms with Gasteiger partial charge < -0.3 is 24.3 Å². The molecule has 0 heterocycles. The summed E-state index contributed by atoms with van der Waals surface area (Å²) in [6.07, 6.45) is 0. The summed E-state index contributed by atoms with van der Waals surface area (Å²) in [7, 11) is 3.36. The van der Waals surface area contributed by atoms with Gasteiger partial charge in [-0.3, -0.25) is 0 Å². The van der Waals surface area contributed by atoms with Gasteiger partial charge in [0.25, 0.3) is 0 Å². The standard InChI is InChI=1S/C16H27NO4/c1-14-5-4-6-15(13-17-7-8-18-2)16(14)21-12-11-20-10-9-19-3/h4-6,17H,7-13H2,1-3H3. The molecular weight excluding hydrogens is 270 g/mol. The number of para-hydroxylation sites is 1. The molecule has 0 unspecified atom stereocenters. The smallest absolute Gasteiger partial charge is 0.126 e. The van der Waals surface area contributed by atoms with Crippen molar-refractivity contribution in [3.05, 3.63) is 29.3 Å². The SMILES string of the molecule is COCCNCc1cccc(C)c1OCCOCCOC. The maximum Gasteiger partial charge on any atom is 0.126 e. The molecule has 1 rings (SSSR count). The van der Waals surface area contributed by atoms with Crippen LogP contribution in [-0.4, -0.2) is 53.8 Å². The van der Waals surface area contributed by atoms with Gasteiger partial charge in [-0.1, -0.05) is 18.2 Å². The van der Waals surface area contributed by atoms with Crippen LogP contribution < -0.4 is 10.1 Å². The van der Waals surface area contributed by atoms with Crippen LogP contribution in [0, 0.1) is 6.92 Å². The molecule has 0 radical (unpaired) electrons. The highest BCUT2D eigenvalue weighted by Gasteiger charge is 2.06. The fourth-order valence-corrected chi connectivity index (χ4v) is 1.90. The second-order valence-corrected chi connectivity index (χ2v) is 4.69. The van der Waals surface area contributed by atoms with Crippen LogP contribution >= 0.6 is 0 Å². The van der Waals surface area contributed by atoms with Crippen molar-refractivity contribution in [3.63, 3.8) is 0 Å². The molecule has 21 heavy (non-hydrogen) atoms. The minimum atomic E-state index is 0.541. The number of benzene rings is 1. The van der Waals surface area contributed by atoms with Gasteiger partial charge in [-0.25, -0.2) is 0 Å². The third-order valence-corrected chi connectivity index (χ3v) is 3.00. The summed E-state index contributed by atoms with van der Waals surface area (Å²) in [5.41, 5.74) is 2.29. The predicted octanol–water partition coefficient (Wildman–Crippen LogP) is 1.77. The molecule has 0 bridgehead atoms. The summed E-state index contributed by atoms with van der Waals surface area (Å²) in [5, 5.41) is 3.34. The number of methoxy groups -OCH3 is 2. The van der Waals surface area contributed by atoms with Crippen LogP contribution in [-0.2, 0) is 20.8 Å². The Morgan fingerprint density at radius 1 is 0.952 bits per heavy atom. The molecule has 0 fully saturated rings. The molecule has 0 spiro atoms. The highest BCUT2D eigenvalue weighted by molar-refractivity contribution is 5.40. The topological polar surface area (TPSA) is 49.0 Å². The van der Waals surface area contributed by atoms with E-state index in [1.165, 1.54) is 0 Å². The molecule has 120 valence electrons. The maximum absolute atomic E-state index is 5.87. The summed E-state index contributed by atoms with van der Waals surface area (Å²) in [5.74, 6) is 0.942. The van der Waals surface area contributed by atoms with Gasteiger partial charge in [0.05, 0.1) is 26.4 Å². The zero-order valence-electron chi connectivity index (χ0n) is 13.3. The van der Waals surface area contributed by atoms with Gasteiger partial charge in [-0.15, -0.1) is 0 Å². The van der Waals surface area contributed by atoms with Crippen LogP contribution in [0.1, 0.15) is 11.1 Å². The van der Waals surface area contributed by atoms with Crippen molar-refractivity contribution in [3.8, 4) is 5.75 Å². The first kappa shape index (κ1) is 17.9. The van der Waals surface area contributed by atoms with Gasteiger partial charge in [-0.05, 0) is 12.5 Å². The molecule has 0 saturated heterocycles. The highest BCUT2D eigenvalue weighted by Crippen LogP contribution is 2.23. The third kappa shape index (κ3) is 7.43. The van der Waals surface area contributed by atoms with Crippen molar-refractivity contribution in [2.45, 2.75) is 13.5 Å². The highest BCUT2D eigenvalue weighted by atomic mass is 16.5. The summed E-state index contributed by atoms with van der Waals surface area (Å²) in [4.78, 5) is 0. The second kappa shape index (κ2) is 11.5. The average molecular weight is 297 g/mol. The molecule has 0 aromatic heterocycles. The van der Waals surface area contributed by atoms with E-state index in [0.29, 0.717) is 33.0 Å². The van der Waals surface area contributed by atoms with Crippen molar-refractivity contribution in [2.24, 2.45) is 0 Å². The van der Waals surface area contributed by atoms with Crippen LogP contribution in [0.3, 0.4) is 0 Å². The fraction of sp³-hybridized carbons (Fsp3) is 0.625. The Morgan fingerprint density at radius 3 is 2.48 bits per heavy atom. The van der Waals surface area contributed by atoms with Gasteiger partial charge >= 0.3 is 0 Å². The van der Waals surface area contributed by atoms with Crippen LogP contribution in [0.5, 0.6) is 5.75 Å². The molecular formula is C16H27NO4. The molecule has 0 amide bonds. The molecule has 0 aliphatic heterocycles. The fourth-order valence-electron chi connectivity index (χ4n) is 1.90. The van der Waals surface area contributed by atoms with E-state index in [9.17, 15) is 0 Å². The Bertz CT molecular complexity index is 385. The molecule has 1 aromatic carbocycles. The molecule has 1 aromatic rings. The van der Waals surface area contributed by atoms with E-state index in [-0.39, 0.29) is 0 Å². The van der Waals surface area contributed by atoms with Crippen molar-refractivity contribution < 1.29 is 18.9 Å². The zero-order valence-corrected chi connectivity index (χ0v) is 13.3. The number of ether oxygens (including phenoxy) is 4. The quantitative estimate of drug-likeness (QED) is 0.596. The lowest BCUT2D eigenvalue weighted by molar-refractivity contribution is 0.0541. The monoisotopic (exact) mass is 297 g/mol. The van der Waals surface area contributed by atoms with E-state index in [4.69, 9.17) is 18.9 Å². The molecule has 1 N–H and O–H groups in total. The lowest BCUT2D eigenvalue weighted by Gasteiger charge is -2.15. The van der Waals surface area contributed by atoms with Gasteiger partial charge in [-0.2, -0.15) is 0 Å². The van der Waals surface area contributed by atoms with Crippen LogP contribution in [0.25, 0.3) is 0 Å². The molecule has 0 atom stereocenters. The summed E-state index contributed by atoms with van der Waals surface area (Å²) in [6, 6.07) is 6.18. The zero-order chi connectivity index (χ0) is 15.3. The van der Waals surface area contributed by atoms with Crippen molar-refractivity contribution in [1.82, 2.24) is 5.32 Å². The van der Waals surface area contributed by atoms with Crippen LogP contribution in [0.15, 0.2) is 18.2 Å². The maximum atomic E-state index is 5.87. The molecule has 5 heteroatoms. The Kier molecular flexibility index (Phi) is 9.82. The lowest BCUT2D eigenvalue weighted by atomic mass is 10.1. The minimum absolute atomic E-state index is 0.541. The number of rotatable bonds is 12. The van der Waals surface area contributed by atoms with Crippen LogP contribution in [0.2, 0.25) is 0 Å². The minimum Gasteiger partial charge on any atom is -0.491 e. The number of hydrogen-bond donors (Lipinski definition) is 1. The second-order valence-electron chi connectivity index (χ2n) is 4.69. The summed E-state index contributed by atoms with van der Waals surface area (Å²) < 4.78 is 21.2. The first-order valence-corrected chi connectivity index (χ1v) is 7.27. The van der Waals surface area contributed by atoms with E-state index in [0.717, 1.165) is 30.0 Å². The third-order valence-electron chi connectivity index (χ3n) is 3.00. The van der Waals surface area contributed by atoms with Crippen molar-refractivity contribution in [2.75, 3.05) is 53.8 Å². The predicted molar refractivity (Wildman–Crippen MR) is 83.0 cm³/mol. The van der Waals surface area contributed by atoms with E-state index in [1.807, 2.05) is 6.07 Å². The van der Waals surface area contributed by atoms with E-state index in [1.54, 1.807) is 14.2 Å². The summed E-state index contributed by atoms with van der Waals surface area (Å²) >= 11 is 0. The van der Waals surface area contributed by atoms with E-state index < -0.39 is 0 Å². The number of hydrogen-bond acceptors (Lipinski definition) is 5. The van der Waals surface area contributed by atoms with Gasteiger partial charge in [0, 0.05) is 32.9 Å².